The summed E-state index contributed by atoms with van der Waals surface area (Å²) in [6.45, 7) is 6.23. The summed E-state index contributed by atoms with van der Waals surface area (Å²) in [6.07, 6.45) is 2.91. The number of nitrogens with zero attached hydrogens (tertiary/aromatic N) is 2. The first-order valence-corrected chi connectivity index (χ1v) is 10.7. The van der Waals surface area contributed by atoms with E-state index < -0.39 is 17.5 Å². The van der Waals surface area contributed by atoms with Gasteiger partial charge in [0.05, 0.1) is 0 Å². The second-order valence-corrected chi connectivity index (χ2v) is 9.87. The highest BCUT2D eigenvalue weighted by molar-refractivity contribution is 6.10. The Morgan fingerprint density at radius 1 is 1.19 bits per heavy atom. The number of urea groups is 1. The molecule has 1 saturated heterocycles. The van der Waals surface area contributed by atoms with Crippen molar-refractivity contribution in [3.63, 3.8) is 0 Å². The van der Waals surface area contributed by atoms with E-state index in [1.54, 1.807) is 38.4 Å². The molecule has 1 saturated carbocycles. The number of benzene rings is 1. The molecule has 168 valence electrons. The first-order valence-electron chi connectivity index (χ1n) is 10.7. The lowest BCUT2D eigenvalue weighted by atomic mass is 9.67. The van der Waals surface area contributed by atoms with Gasteiger partial charge in [0.15, 0.2) is 0 Å². The largest absolute Gasteiger partial charge is 0.345 e. The van der Waals surface area contributed by atoms with Crippen LogP contribution < -0.4 is 10.6 Å². The van der Waals surface area contributed by atoms with Gasteiger partial charge in [-0.15, -0.1) is 0 Å². The van der Waals surface area contributed by atoms with Crippen LogP contribution in [0, 0.1) is 11.3 Å². The smallest absolute Gasteiger partial charge is 0.325 e. The third-order valence-corrected chi connectivity index (χ3v) is 6.41. The maximum Gasteiger partial charge on any atom is 0.325 e. The molecule has 1 aromatic rings. The third-order valence-electron chi connectivity index (χ3n) is 6.41. The molecule has 2 aliphatic rings. The van der Waals surface area contributed by atoms with Gasteiger partial charge in [0, 0.05) is 25.3 Å². The molecule has 1 heterocycles. The topological polar surface area (TPSA) is 98.8 Å². The average Bonchev–Trinajstić information content (AvgIpc) is 2.91. The Kier molecular flexibility index (Phi) is 6.11. The quantitative estimate of drug-likeness (QED) is 0.721. The van der Waals surface area contributed by atoms with E-state index in [4.69, 9.17) is 0 Å². The summed E-state index contributed by atoms with van der Waals surface area (Å²) < 4.78 is 0. The van der Waals surface area contributed by atoms with Crippen LogP contribution in [0.4, 0.5) is 10.5 Å². The first kappa shape index (κ1) is 22.8. The Bertz CT molecular complexity index is 895. The van der Waals surface area contributed by atoms with Gasteiger partial charge < -0.3 is 15.5 Å². The zero-order valence-corrected chi connectivity index (χ0v) is 18.9. The van der Waals surface area contributed by atoms with Crippen LogP contribution in [0.25, 0.3) is 0 Å². The summed E-state index contributed by atoms with van der Waals surface area (Å²) in [6, 6.07) is 6.04. The predicted octanol–water partition coefficient (Wildman–Crippen LogP) is 2.85. The average molecular weight is 429 g/mol. The summed E-state index contributed by atoms with van der Waals surface area (Å²) in [5.41, 5.74) is 0.143. The van der Waals surface area contributed by atoms with Crippen molar-refractivity contribution in [3.8, 4) is 0 Å². The third kappa shape index (κ3) is 4.73. The van der Waals surface area contributed by atoms with E-state index in [1.807, 2.05) is 0 Å². The van der Waals surface area contributed by atoms with Crippen molar-refractivity contribution in [3.05, 3.63) is 29.8 Å². The lowest BCUT2D eigenvalue weighted by molar-refractivity contribution is -0.135. The maximum absolute atomic E-state index is 13.1. The Morgan fingerprint density at radius 2 is 1.84 bits per heavy atom. The molecule has 0 unspecified atom stereocenters. The number of amides is 5. The molecular weight excluding hydrogens is 396 g/mol. The van der Waals surface area contributed by atoms with E-state index in [0.29, 0.717) is 30.0 Å². The predicted molar refractivity (Wildman–Crippen MR) is 117 cm³/mol. The molecule has 1 aliphatic carbocycles. The van der Waals surface area contributed by atoms with Gasteiger partial charge in [0.1, 0.15) is 12.1 Å². The number of carbonyl (C=O) groups is 4. The highest BCUT2D eigenvalue weighted by Gasteiger charge is 2.53. The van der Waals surface area contributed by atoms with Gasteiger partial charge in [-0.25, -0.2) is 4.79 Å². The number of imide groups is 1. The van der Waals surface area contributed by atoms with Crippen LogP contribution in [-0.2, 0) is 9.59 Å². The fourth-order valence-electron chi connectivity index (χ4n) is 4.47. The summed E-state index contributed by atoms with van der Waals surface area (Å²) in [5, 5.41) is 5.53. The molecule has 1 aliphatic heterocycles. The normalized spacial score (nSPS) is 23.6. The Morgan fingerprint density at radius 3 is 2.42 bits per heavy atom. The number of anilines is 1. The van der Waals surface area contributed by atoms with E-state index in [0.717, 1.165) is 17.7 Å². The minimum Gasteiger partial charge on any atom is -0.345 e. The van der Waals surface area contributed by atoms with Crippen molar-refractivity contribution < 1.29 is 19.2 Å². The molecule has 8 nitrogen and oxygen atoms in total. The van der Waals surface area contributed by atoms with Crippen LogP contribution in [0.3, 0.4) is 0 Å². The highest BCUT2D eigenvalue weighted by Crippen LogP contribution is 2.43. The summed E-state index contributed by atoms with van der Waals surface area (Å²) in [4.78, 5) is 52.7. The van der Waals surface area contributed by atoms with E-state index in [-0.39, 0.29) is 23.8 Å². The summed E-state index contributed by atoms with van der Waals surface area (Å²) in [5.74, 6) is -0.495. The van der Waals surface area contributed by atoms with Gasteiger partial charge in [-0.3, -0.25) is 19.3 Å². The van der Waals surface area contributed by atoms with Crippen LogP contribution in [0.1, 0.15) is 56.8 Å². The van der Waals surface area contributed by atoms with E-state index in [9.17, 15) is 19.2 Å². The maximum atomic E-state index is 13.1. The summed E-state index contributed by atoms with van der Waals surface area (Å²) >= 11 is 0. The van der Waals surface area contributed by atoms with Crippen LogP contribution >= 0.6 is 0 Å². The molecule has 1 aromatic carbocycles. The van der Waals surface area contributed by atoms with Crippen molar-refractivity contribution in [2.45, 2.75) is 52.0 Å². The molecule has 0 atom stereocenters. The van der Waals surface area contributed by atoms with E-state index in [2.05, 4.69) is 31.4 Å². The van der Waals surface area contributed by atoms with Crippen LogP contribution in [0.5, 0.6) is 0 Å². The molecule has 31 heavy (non-hydrogen) atoms. The molecule has 0 aromatic heterocycles. The summed E-state index contributed by atoms with van der Waals surface area (Å²) in [7, 11) is 3.30. The number of hydrogen-bond donors (Lipinski definition) is 2. The molecular formula is C23H32N4O4. The van der Waals surface area contributed by atoms with Crippen molar-refractivity contribution in [2.75, 3.05) is 26.0 Å². The molecule has 5 amide bonds. The van der Waals surface area contributed by atoms with Gasteiger partial charge in [-0.2, -0.15) is 0 Å². The van der Waals surface area contributed by atoms with Crippen molar-refractivity contribution in [2.24, 2.45) is 11.3 Å². The Labute approximate surface area is 183 Å². The molecule has 0 radical (unpaired) electrons. The van der Waals surface area contributed by atoms with Crippen molar-refractivity contribution >= 4 is 29.4 Å². The molecule has 0 bridgehead atoms. The second kappa shape index (κ2) is 8.32. The van der Waals surface area contributed by atoms with Gasteiger partial charge in [-0.05, 0) is 55.2 Å². The molecule has 2 fully saturated rings. The Hall–Kier alpha value is -2.90. The fourth-order valence-corrected chi connectivity index (χ4v) is 4.47. The Balaban J connectivity index is 1.64. The number of hydrogen-bond acceptors (Lipinski definition) is 4. The lowest BCUT2D eigenvalue weighted by Gasteiger charge is -2.40. The number of carbonyl (C=O) groups excluding carboxylic acids is 4. The van der Waals surface area contributed by atoms with E-state index in [1.165, 1.54) is 4.90 Å². The van der Waals surface area contributed by atoms with Crippen LogP contribution in [-0.4, -0.2) is 59.7 Å². The van der Waals surface area contributed by atoms with Crippen LogP contribution in [0.15, 0.2) is 24.3 Å². The van der Waals surface area contributed by atoms with Gasteiger partial charge >= 0.3 is 6.03 Å². The minimum absolute atomic E-state index is 0.162. The zero-order valence-electron chi connectivity index (χ0n) is 18.9. The zero-order chi connectivity index (χ0) is 23.0. The molecule has 8 heteroatoms. The lowest BCUT2D eigenvalue weighted by Crippen LogP contribution is -2.50. The van der Waals surface area contributed by atoms with Gasteiger partial charge in [0.25, 0.3) is 11.8 Å². The minimum atomic E-state index is -0.892. The van der Waals surface area contributed by atoms with Crippen molar-refractivity contribution in [1.82, 2.24) is 15.1 Å². The fraction of sp³-hybridized carbons (Fsp3) is 0.565. The van der Waals surface area contributed by atoms with Crippen molar-refractivity contribution in [1.29, 1.82) is 0 Å². The second-order valence-electron chi connectivity index (χ2n) is 9.87. The van der Waals surface area contributed by atoms with Crippen LogP contribution in [0.2, 0.25) is 0 Å². The molecule has 1 spiro atoms. The number of nitrogens with one attached hydrogen (secondary N) is 2. The molecule has 3 rings (SSSR count). The SMILES string of the molecule is CN(C)C(=O)c1cccc(NC(=O)CN2C(=O)NC3(CCC(C(C)(C)C)CC3)C2=O)c1. The highest BCUT2D eigenvalue weighted by atomic mass is 16.2. The first-order chi connectivity index (χ1) is 14.4. The molecule has 2 N–H and O–H groups in total. The van der Waals surface area contributed by atoms with Gasteiger partial charge in [-0.1, -0.05) is 26.8 Å². The monoisotopic (exact) mass is 428 g/mol. The standard InChI is InChI=1S/C23H32N4O4/c1-22(2,3)16-9-11-23(12-10-16)20(30)27(21(31)25-23)14-18(28)24-17-8-6-7-15(13-17)19(29)26(4)5/h6-8,13,16H,9-12,14H2,1-5H3,(H,24,28)(H,25,31). The van der Waals surface area contributed by atoms with E-state index >= 15 is 0 Å². The number of rotatable bonds is 4. The van der Waals surface area contributed by atoms with Gasteiger partial charge in [0.2, 0.25) is 5.91 Å².